The van der Waals surface area contributed by atoms with Crippen LogP contribution in [0.4, 0.5) is 5.82 Å². The quantitative estimate of drug-likeness (QED) is 0.578. The van der Waals surface area contributed by atoms with E-state index in [2.05, 4.69) is 59.8 Å². The van der Waals surface area contributed by atoms with Gasteiger partial charge in [0.2, 0.25) is 0 Å². The zero-order chi connectivity index (χ0) is 21.2. The molecule has 6 heteroatoms. The van der Waals surface area contributed by atoms with Gasteiger partial charge in [-0.3, -0.25) is 4.90 Å². The van der Waals surface area contributed by atoms with E-state index >= 15 is 0 Å². The Morgan fingerprint density at radius 2 is 1.90 bits per heavy atom. The van der Waals surface area contributed by atoms with Gasteiger partial charge in [-0.05, 0) is 23.8 Å². The van der Waals surface area contributed by atoms with E-state index in [9.17, 15) is 0 Å². The molecule has 2 aliphatic rings. The average molecular weight is 437 g/mol. The van der Waals surface area contributed by atoms with Gasteiger partial charge in [0.1, 0.15) is 16.5 Å². The molecule has 5 rings (SSSR count). The predicted molar refractivity (Wildman–Crippen MR) is 129 cm³/mol. The third-order valence-electron chi connectivity index (χ3n) is 7.06. The maximum absolute atomic E-state index is 5.51. The van der Waals surface area contributed by atoms with Crippen molar-refractivity contribution in [3.05, 3.63) is 41.5 Å². The lowest BCUT2D eigenvalue weighted by molar-refractivity contribution is 0.0331. The minimum absolute atomic E-state index is 0.460. The molecule has 1 aliphatic heterocycles. The highest BCUT2D eigenvalue weighted by Crippen LogP contribution is 2.39. The van der Waals surface area contributed by atoms with E-state index in [4.69, 9.17) is 14.7 Å². The van der Waals surface area contributed by atoms with Crippen LogP contribution in [0.3, 0.4) is 0 Å². The van der Waals surface area contributed by atoms with Gasteiger partial charge in [0.25, 0.3) is 0 Å². The van der Waals surface area contributed by atoms with Gasteiger partial charge >= 0.3 is 0 Å². The molecule has 2 aromatic heterocycles. The maximum Gasteiger partial charge on any atom is 0.146 e. The number of fused-ring (bicyclic) bond motifs is 1. The number of hydrogen-bond acceptors (Lipinski definition) is 6. The Hall–Kier alpha value is -2.02. The summed E-state index contributed by atoms with van der Waals surface area (Å²) >= 11 is 1.73. The SMILES string of the molecule is C[C@@H]1[C@H](C)CCC[C@H]1Nc1nc(CN2CCOCC2)nc2scc(-c3ccccc3)c12. The number of nitrogens with one attached hydrogen (secondary N) is 1. The van der Waals surface area contributed by atoms with E-state index in [0.717, 1.165) is 55.2 Å². The first kappa shape index (κ1) is 20.9. The summed E-state index contributed by atoms with van der Waals surface area (Å²) in [4.78, 5) is 13.6. The topological polar surface area (TPSA) is 50.3 Å². The van der Waals surface area contributed by atoms with Crippen LogP contribution in [-0.4, -0.2) is 47.2 Å². The smallest absolute Gasteiger partial charge is 0.146 e. The van der Waals surface area contributed by atoms with Crippen molar-refractivity contribution in [3.8, 4) is 11.1 Å². The Morgan fingerprint density at radius 3 is 2.71 bits per heavy atom. The summed E-state index contributed by atoms with van der Waals surface area (Å²) in [5.41, 5.74) is 2.46. The first-order valence-corrected chi connectivity index (χ1v) is 12.5. The van der Waals surface area contributed by atoms with Gasteiger partial charge in [0.15, 0.2) is 0 Å². The molecular formula is C25H32N4OS. The highest BCUT2D eigenvalue weighted by molar-refractivity contribution is 7.17. The first-order valence-electron chi connectivity index (χ1n) is 11.6. The van der Waals surface area contributed by atoms with Crippen molar-refractivity contribution in [2.45, 2.75) is 45.7 Å². The number of ether oxygens (including phenoxy) is 1. The highest BCUT2D eigenvalue weighted by atomic mass is 32.1. The van der Waals surface area contributed by atoms with E-state index in [0.29, 0.717) is 12.0 Å². The zero-order valence-electron chi connectivity index (χ0n) is 18.5. The van der Waals surface area contributed by atoms with Crippen LogP contribution >= 0.6 is 11.3 Å². The standard InChI is InChI=1S/C25H32N4OS/c1-17-7-6-10-21(18(17)2)26-24-23-20(19-8-4-3-5-9-19)16-31-25(23)28-22(27-24)15-29-11-13-30-14-12-29/h3-5,8-9,16-18,21H,6-7,10-15H2,1-2H3,(H,26,27,28)/t17-,18-,21-/m1/s1. The second kappa shape index (κ2) is 9.23. The number of morpholine rings is 1. The summed E-state index contributed by atoms with van der Waals surface area (Å²) in [7, 11) is 0. The van der Waals surface area contributed by atoms with E-state index in [-0.39, 0.29) is 0 Å². The molecule has 2 fully saturated rings. The van der Waals surface area contributed by atoms with Crippen molar-refractivity contribution >= 4 is 27.4 Å². The summed E-state index contributed by atoms with van der Waals surface area (Å²) in [5.74, 6) is 3.31. The number of anilines is 1. The van der Waals surface area contributed by atoms with Crippen molar-refractivity contribution < 1.29 is 4.74 Å². The van der Waals surface area contributed by atoms with Gasteiger partial charge < -0.3 is 10.1 Å². The monoisotopic (exact) mass is 436 g/mol. The molecule has 0 amide bonds. The average Bonchev–Trinajstić information content (AvgIpc) is 3.22. The van der Waals surface area contributed by atoms with Crippen molar-refractivity contribution in [2.75, 3.05) is 31.6 Å². The molecule has 3 heterocycles. The number of aromatic nitrogens is 2. The number of nitrogens with zero attached hydrogens (tertiary/aromatic N) is 3. The van der Waals surface area contributed by atoms with Crippen LogP contribution in [0.25, 0.3) is 21.3 Å². The van der Waals surface area contributed by atoms with Crippen molar-refractivity contribution in [3.63, 3.8) is 0 Å². The Kier molecular flexibility index (Phi) is 6.21. The lowest BCUT2D eigenvalue weighted by atomic mass is 9.78. The molecular weight excluding hydrogens is 404 g/mol. The van der Waals surface area contributed by atoms with E-state index in [1.165, 1.54) is 35.8 Å². The van der Waals surface area contributed by atoms with Gasteiger partial charge in [-0.25, -0.2) is 9.97 Å². The summed E-state index contributed by atoms with van der Waals surface area (Å²) < 4.78 is 5.51. The van der Waals surface area contributed by atoms with Crippen LogP contribution in [0.15, 0.2) is 35.7 Å². The zero-order valence-corrected chi connectivity index (χ0v) is 19.3. The molecule has 3 atom stereocenters. The summed E-state index contributed by atoms with van der Waals surface area (Å²) in [6.07, 6.45) is 3.82. The minimum Gasteiger partial charge on any atom is -0.379 e. The Bertz CT molecular complexity index is 1020. The Morgan fingerprint density at radius 1 is 1.10 bits per heavy atom. The molecule has 31 heavy (non-hydrogen) atoms. The Labute approximate surface area is 188 Å². The molecule has 0 bridgehead atoms. The molecule has 5 nitrogen and oxygen atoms in total. The largest absolute Gasteiger partial charge is 0.379 e. The van der Waals surface area contributed by atoms with Crippen LogP contribution in [0.2, 0.25) is 0 Å². The molecule has 1 N–H and O–H groups in total. The van der Waals surface area contributed by atoms with Crippen molar-refractivity contribution in [1.29, 1.82) is 0 Å². The second-order valence-electron chi connectivity index (χ2n) is 9.09. The summed E-state index contributed by atoms with van der Waals surface area (Å²) in [6, 6.07) is 11.1. The third-order valence-corrected chi connectivity index (χ3v) is 7.93. The molecule has 1 saturated heterocycles. The van der Waals surface area contributed by atoms with Crippen LogP contribution in [-0.2, 0) is 11.3 Å². The van der Waals surface area contributed by atoms with Gasteiger partial charge in [-0.2, -0.15) is 0 Å². The normalized spacial score (nSPS) is 25.0. The Balaban J connectivity index is 1.54. The molecule has 1 aliphatic carbocycles. The van der Waals surface area contributed by atoms with Gasteiger partial charge in [0, 0.05) is 30.1 Å². The van der Waals surface area contributed by atoms with E-state index in [1.54, 1.807) is 11.3 Å². The van der Waals surface area contributed by atoms with Crippen LogP contribution < -0.4 is 5.32 Å². The minimum atomic E-state index is 0.460. The summed E-state index contributed by atoms with van der Waals surface area (Å²) in [5, 5.41) is 7.31. The summed E-state index contributed by atoms with van der Waals surface area (Å²) in [6.45, 7) is 9.04. The predicted octanol–water partition coefficient (Wildman–Crippen LogP) is 5.43. The van der Waals surface area contributed by atoms with Crippen LogP contribution in [0.5, 0.6) is 0 Å². The number of thiophene rings is 1. The molecule has 0 radical (unpaired) electrons. The highest BCUT2D eigenvalue weighted by Gasteiger charge is 2.28. The second-order valence-corrected chi connectivity index (χ2v) is 9.95. The number of hydrogen-bond donors (Lipinski definition) is 1. The molecule has 1 aromatic carbocycles. The lowest BCUT2D eigenvalue weighted by Crippen LogP contribution is -2.37. The fourth-order valence-electron chi connectivity index (χ4n) is 4.91. The van der Waals surface area contributed by atoms with Gasteiger partial charge in [-0.15, -0.1) is 11.3 Å². The van der Waals surface area contributed by atoms with Crippen LogP contribution in [0, 0.1) is 11.8 Å². The fourth-order valence-corrected chi connectivity index (χ4v) is 5.88. The molecule has 164 valence electrons. The lowest BCUT2D eigenvalue weighted by Gasteiger charge is -2.35. The third kappa shape index (κ3) is 4.47. The van der Waals surface area contributed by atoms with E-state index in [1.807, 2.05) is 0 Å². The van der Waals surface area contributed by atoms with Crippen molar-refractivity contribution in [1.82, 2.24) is 14.9 Å². The van der Waals surface area contributed by atoms with Crippen LogP contribution in [0.1, 0.15) is 38.9 Å². The maximum atomic E-state index is 5.51. The van der Waals surface area contributed by atoms with Crippen molar-refractivity contribution in [2.24, 2.45) is 11.8 Å². The fraction of sp³-hybridized carbons (Fsp3) is 0.520. The molecule has 1 saturated carbocycles. The first-order chi connectivity index (χ1) is 15.2. The molecule has 0 spiro atoms. The molecule has 0 unspecified atom stereocenters. The number of benzene rings is 1. The van der Waals surface area contributed by atoms with E-state index < -0.39 is 0 Å². The number of rotatable bonds is 5. The van der Waals surface area contributed by atoms with Gasteiger partial charge in [-0.1, -0.05) is 57.0 Å². The molecule has 3 aromatic rings. The van der Waals surface area contributed by atoms with Gasteiger partial charge in [0.05, 0.1) is 25.1 Å².